The van der Waals surface area contributed by atoms with Crippen molar-refractivity contribution in [3.8, 4) is 5.75 Å². The summed E-state index contributed by atoms with van der Waals surface area (Å²) in [6, 6.07) is 16.8. The number of benzene rings is 3. The molecule has 1 aliphatic heterocycles. The molecule has 8 nitrogen and oxygen atoms in total. The minimum atomic E-state index is -2.37. The quantitative estimate of drug-likeness (QED) is 0.282. The molecule has 0 saturated carbocycles. The first-order chi connectivity index (χ1) is 17.6. The predicted octanol–water partition coefficient (Wildman–Crippen LogP) is 5.30. The Balaban J connectivity index is 1.58. The van der Waals surface area contributed by atoms with E-state index in [0.29, 0.717) is 4.88 Å². The molecule has 6 rings (SSSR count). The third kappa shape index (κ3) is 2.92. The number of aryl methyl sites for hydroxylation is 1. The number of hydrogen-bond donors (Lipinski definition) is 2. The van der Waals surface area contributed by atoms with E-state index >= 15 is 0 Å². The standard InChI is InChI=1S/C28H22N2O6S/c1-14(2)16-11-12-18-21(13-16)36-28(33)19-8-6-9-20(30(34)35)23(19)25(31)27(18,28)29-26(32)24-15(3)17-7-4-5-10-22(17)37-24/h4-14,33H,1-3H3,(H,29,32). The molecule has 2 atom stereocenters. The molecule has 0 spiro atoms. The predicted molar refractivity (Wildman–Crippen MR) is 138 cm³/mol. The number of carbonyl (C=O) groups is 2. The third-order valence-corrected chi connectivity index (χ3v) is 8.64. The number of nitrogens with zero attached hydrogens (tertiary/aromatic N) is 1. The average molecular weight is 515 g/mol. The molecule has 1 amide bonds. The molecule has 2 aliphatic rings. The Morgan fingerprint density at radius 3 is 2.57 bits per heavy atom. The lowest BCUT2D eigenvalue weighted by atomic mass is 9.82. The highest BCUT2D eigenvalue weighted by Gasteiger charge is 2.73. The minimum Gasteiger partial charge on any atom is -0.454 e. The Labute approximate surface area is 215 Å². The van der Waals surface area contributed by atoms with Gasteiger partial charge in [0.1, 0.15) is 11.3 Å². The fraction of sp³-hybridized carbons (Fsp3) is 0.214. The van der Waals surface area contributed by atoms with E-state index in [-0.39, 0.29) is 28.4 Å². The van der Waals surface area contributed by atoms with Gasteiger partial charge >= 0.3 is 0 Å². The van der Waals surface area contributed by atoms with Crippen LogP contribution in [0.15, 0.2) is 60.7 Å². The SMILES string of the molecule is Cc1c(C(=O)NC23C(=O)c4c([N+](=O)[O-])cccc4C2(O)Oc2cc(C(C)C)ccc23)sc2ccccc12. The summed E-state index contributed by atoms with van der Waals surface area (Å²) in [6.07, 6.45) is 0. The second kappa shape index (κ2) is 7.71. The van der Waals surface area contributed by atoms with Crippen LogP contribution >= 0.6 is 11.3 Å². The molecule has 2 heterocycles. The molecule has 9 heteroatoms. The van der Waals surface area contributed by atoms with Crippen LogP contribution in [0.1, 0.15) is 62.0 Å². The van der Waals surface area contributed by atoms with E-state index in [2.05, 4.69) is 5.32 Å². The van der Waals surface area contributed by atoms with E-state index in [1.165, 1.54) is 29.5 Å². The monoisotopic (exact) mass is 514 g/mol. The van der Waals surface area contributed by atoms with Gasteiger partial charge in [0.2, 0.25) is 11.3 Å². The summed E-state index contributed by atoms with van der Waals surface area (Å²) in [7, 11) is 0. The van der Waals surface area contributed by atoms with Crippen LogP contribution in [-0.2, 0) is 11.3 Å². The van der Waals surface area contributed by atoms with E-state index in [0.717, 1.165) is 21.2 Å². The van der Waals surface area contributed by atoms with Crippen LogP contribution in [0.4, 0.5) is 5.69 Å². The number of rotatable bonds is 4. The number of nitrogens with one attached hydrogen (secondary N) is 1. The highest BCUT2D eigenvalue weighted by molar-refractivity contribution is 7.21. The first kappa shape index (κ1) is 23.3. The van der Waals surface area contributed by atoms with Gasteiger partial charge in [-0.2, -0.15) is 0 Å². The molecular weight excluding hydrogens is 492 g/mol. The molecule has 3 aromatic carbocycles. The van der Waals surface area contributed by atoms with Gasteiger partial charge in [0, 0.05) is 21.9 Å². The summed E-state index contributed by atoms with van der Waals surface area (Å²) < 4.78 is 6.97. The van der Waals surface area contributed by atoms with Crippen molar-refractivity contribution in [3.63, 3.8) is 0 Å². The Kier molecular flexibility index (Phi) is 4.86. The molecular formula is C28H22N2O6S. The number of nitro groups is 1. The van der Waals surface area contributed by atoms with E-state index in [4.69, 9.17) is 4.74 Å². The lowest BCUT2D eigenvalue weighted by Gasteiger charge is -2.34. The van der Waals surface area contributed by atoms with Gasteiger partial charge < -0.3 is 15.2 Å². The summed E-state index contributed by atoms with van der Waals surface area (Å²) in [5.74, 6) is -3.36. The van der Waals surface area contributed by atoms with Gasteiger partial charge in [-0.1, -0.05) is 56.3 Å². The lowest BCUT2D eigenvalue weighted by Crippen LogP contribution is -2.60. The van der Waals surface area contributed by atoms with E-state index < -0.39 is 33.6 Å². The van der Waals surface area contributed by atoms with Gasteiger partial charge in [-0.25, -0.2) is 0 Å². The summed E-state index contributed by atoms with van der Waals surface area (Å²) in [6.45, 7) is 5.82. The van der Waals surface area contributed by atoms with Crippen LogP contribution in [0.2, 0.25) is 0 Å². The van der Waals surface area contributed by atoms with Crippen molar-refractivity contribution >= 4 is 38.8 Å². The zero-order chi connectivity index (χ0) is 26.3. The summed E-state index contributed by atoms with van der Waals surface area (Å²) in [5, 5.41) is 27.6. The number of Topliss-reactive ketones (excluding diaryl/α,β-unsaturated/α-hetero) is 1. The Morgan fingerprint density at radius 1 is 1.11 bits per heavy atom. The van der Waals surface area contributed by atoms with Crippen molar-refractivity contribution in [1.29, 1.82) is 0 Å². The number of thiophene rings is 1. The van der Waals surface area contributed by atoms with Crippen molar-refractivity contribution in [1.82, 2.24) is 5.32 Å². The largest absolute Gasteiger partial charge is 0.454 e. The van der Waals surface area contributed by atoms with Gasteiger partial charge in [-0.05, 0) is 41.5 Å². The van der Waals surface area contributed by atoms with E-state index in [9.17, 15) is 24.8 Å². The van der Waals surface area contributed by atoms with Crippen LogP contribution in [-0.4, -0.2) is 21.7 Å². The molecule has 186 valence electrons. The van der Waals surface area contributed by atoms with Gasteiger partial charge in [0.05, 0.1) is 9.80 Å². The second-order valence-corrected chi connectivity index (χ2v) is 10.8. The number of ether oxygens (including phenoxy) is 1. The van der Waals surface area contributed by atoms with Crippen molar-refractivity contribution < 1.29 is 24.4 Å². The maximum atomic E-state index is 14.2. The van der Waals surface area contributed by atoms with Crippen LogP contribution in [0.3, 0.4) is 0 Å². The van der Waals surface area contributed by atoms with Crippen molar-refractivity contribution in [3.05, 3.63) is 103 Å². The number of aliphatic hydroxyl groups is 1. The number of hydrogen-bond acceptors (Lipinski definition) is 7. The molecule has 2 unspecified atom stereocenters. The molecule has 2 N–H and O–H groups in total. The third-order valence-electron chi connectivity index (χ3n) is 7.37. The molecule has 1 aliphatic carbocycles. The van der Waals surface area contributed by atoms with Gasteiger partial charge in [-0.15, -0.1) is 11.3 Å². The number of nitro benzene ring substituents is 1. The molecule has 0 fully saturated rings. The van der Waals surface area contributed by atoms with Gasteiger partial charge in [0.25, 0.3) is 17.4 Å². The Bertz CT molecular complexity index is 1670. The number of carbonyl (C=O) groups excluding carboxylic acids is 2. The lowest BCUT2D eigenvalue weighted by molar-refractivity contribution is -0.385. The first-order valence-corrected chi connectivity index (χ1v) is 12.6. The second-order valence-electron chi connectivity index (χ2n) is 9.70. The zero-order valence-corrected chi connectivity index (χ0v) is 21.0. The van der Waals surface area contributed by atoms with E-state index in [1.54, 1.807) is 12.1 Å². The highest BCUT2D eigenvalue weighted by Crippen LogP contribution is 2.59. The molecule has 0 radical (unpaired) electrons. The fourth-order valence-electron chi connectivity index (χ4n) is 5.47. The summed E-state index contributed by atoms with van der Waals surface area (Å²) in [4.78, 5) is 39.5. The maximum Gasteiger partial charge on any atom is 0.280 e. The minimum absolute atomic E-state index is 0.0534. The summed E-state index contributed by atoms with van der Waals surface area (Å²) in [5.41, 5.74) is -0.990. The van der Waals surface area contributed by atoms with Crippen LogP contribution in [0.5, 0.6) is 5.75 Å². The smallest absolute Gasteiger partial charge is 0.280 e. The Morgan fingerprint density at radius 2 is 1.86 bits per heavy atom. The van der Waals surface area contributed by atoms with Crippen molar-refractivity contribution in [2.45, 2.75) is 38.0 Å². The summed E-state index contributed by atoms with van der Waals surface area (Å²) >= 11 is 1.27. The molecule has 1 aromatic heterocycles. The van der Waals surface area contributed by atoms with E-state index in [1.807, 2.05) is 51.1 Å². The molecule has 37 heavy (non-hydrogen) atoms. The maximum absolute atomic E-state index is 14.2. The van der Waals surface area contributed by atoms with Crippen molar-refractivity contribution in [2.75, 3.05) is 0 Å². The number of ketones is 1. The number of fused-ring (bicyclic) bond motifs is 6. The average Bonchev–Trinajstić information content (AvgIpc) is 3.41. The first-order valence-electron chi connectivity index (χ1n) is 11.8. The normalized spacial score (nSPS) is 21.5. The molecule has 0 saturated heterocycles. The Hall–Kier alpha value is -4.08. The highest BCUT2D eigenvalue weighted by atomic mass is 32.1. The van der Waals surface area contributed by atoms with Crippen LogP contribution < -0.4 is 10.1 Å². The van der Waals surface area contributed by atoms with Gasteiger partial charge in [-0.3, -0.25) is 19.7 Å². The molecule has 0 bridgehead atoms. The van der Waals surface area contributed by atoms with Crippen LogP contribution in [0, 0.1) is 17.0 Å². The topological polar surface area (TPSA) is 119 Å². The van der Waals surface area contributed by atoms with Crippen molar-refractivity contribution in [2.24, 2.45) is 0 Å². The zero-order valence-electron chi connectivity index (χ0n) is 20.2. The molecule has 4 aromatic rings. The fourth-order valence-corrected chi connectivity index (χ4v) is 6.58. The van der Waals surface area contributed by atoms with Crippen LogP contribution in [0.25, 0.3) is 10.1 Å². The van der Waals surface area contributed by atoms with Gasteiger partial charge in [0.15, 0.2) is 0 Å². The number of amides is 1.